The zero-order valence-electron chi connectivity index (χ0n) is 12.6. The van der Waals surface area contributed by atoms with Gasteiger partial charge in [-0.05, 0) is 62.9 Å². The molecule has 1 aliphatic heterocycles. The van der Waals surface area contributed by atoms with Crippen molar-refractivity contribution >= 4 is 0 Å². The average molecular weight is 252 g/mol. The van der Waals surface area contributed by atoms with E-state index >= 15 is 0 Å². The van der Waals surface area contributed by atoms with Gasteiger partial charge in [-0.1, -0.05) is 26.7 Å². The van der Waals surface area contributed by atoms with Crippen LogP contribution in [-0.2, 0) is 0 Å². The molecule has 0 aromatic carbocycles. The van der Waals surface area contributed by atoms with E-state index in [1.807, 2.05) is 0 Å². The fourth-order valence-corrected chi connectivity index (χ4v) is 4.24. The molecule has 1 heterocycles. The molecule has 0 bridgehead atoms. The Morgan fingerprint density at radius 1 is 1.17 bits per heavy atom. The van der Waals surface area contributed by atoms with E-state index in [1.165, 1.54) is 51.6 Å². The Bertz CT molecular complexity index is 266. The van der Waals surface area contributed by atoms with Gasteiger partial charge in [0.15, 0.2) is 0 Å². The predicted molar refractivity (Wildman–Crippen MR) is 78.6 cm³/mol. The Morgan fingerprint density at radius 2 is 1.94 bits per heavy atom. The SMILES string of the molecule is CC1CCCC(CN)(CN2CCCC(C)C2C)C1. The molecule has 2 heteroatoms. The highest BCUT2D eigenvalue weighted by atomic mass is 15.2. The Balaban J connectivity index is 2.00. The van der Waals surface area contributed by atoms with E-state index in [9.17, 15) is 0 Å². The van der Waals surface area contributed by atoms with Crippen molar-refractivity contribution in [3.05, 3.63) is 0 Å². The number of likely N-dealkylation sites (tertiary alicyclic amines) is 1. The average Bonchev–Trinajstić information content (AvgIpc) is 2.35. The van der Waals surface area contributed by atoms with E-state index < -0.39 is 0 Å². The molecule has 18 heavy (non-hydrogen) atoms. The van der Waals surface area contributed by atoms with E-state index in [2.05, 4.69) is 25.7 Å². The van der Waals surface area contributed by atoms with Crippen LogP contribution in [0.2, 0.25) is 0 Å². The zero-order chi connectivity index (χ0) is 13.2. The van der Waals surface area contributed by atoms with E-state index in [4.69, 9.17) is 5.73 Å². The fraction of sp³-hybridized carbons (Fsp3) is 1.00. The summed E-state index contributed by atoms with van der Waals surface area (Å²) in [5, 5.41) is 0. The van der Waals surface area contributed by atoms with Gasteiger partial charge < -0.3 is 5.73 Å². The molecular weight excluding hydrogens is 220 g/mol. The molecule has 0 aromatic heterocycles. The lowest BCUT2D eigenvalue weighted by Crippen LogP contribution is -2.51. The maximum atomic E-state index is 6.17. The van der Waals surface area contributed by atoms with Crippen molar-refractivity contribution in [1.29, 1.82) is 0 Å². The smallest absolute Gasteiger partial charge is 0.00928 e. The largest absolute Gasteiger partial charge is 0.330 e. The van der Waals surface area contributed by atoms with Gasteiger partial charge in [0.05, 0.1) is 0 Å². The summed E-state index contributed by atoms with van der Waals surface area (Å²) in [6.45, 7) is 10.7. The molecule has 2 N–H and O–H groups in total. The van der Waals surface area contributed by atoms with Crippen LogP contribution in [0.1, 0.15) is 59.3 Å². The number of hydrogen-bond donors (Lipinski definition) is 1. The maximum absolute atomic E-state index is 6.17. The minimum Gasteiger partial charge on any atom is -0.330 e. The molecule has 1 aliphatic carbocycles. The molecule has 2 nitrogen and oxygen atoms in total. The molecule has 2 rings (SSSR count). The van der Waals surface area contributed by atoms with Crippen molar-refractivity contribution in [2.24, 2.45) is 23.0 Å². The lowest BCUT2D eigenvalue weighted by molar-refractivity contribution is 0.0333. The summed E-state index contributed by atoms with van der Waals surface area (Å²) in [4.78, 5) is 2.74. The second-order valence-electron chi connectivity index (χ2n) is 7.24. The van der Waals surface area contributed by atoms with Gasteiger partial charge in [-0.15, -0.1) is 0 Å². The van der Waals surface area contributed by atoms with Crippen molar-refractivity contribution < 1.29 is 0 Å². The van der Waals surface area contributed by atoms with Crippen LogP contribution in [0.15, 0.2) is 0 Å². The van der Waals surface area contributed by atoms with Gasteiger partial charge in [-0.3, -0.25) is 4.90 Å². The van der Waals surface area contributed by atoms with Crippen LogP contribution in [-0.4, -0.2) is 30.6 Å². The third-order valence-electron chi connectivity index (χ3n) is 5.66. The monoisotopic (exact) mass is 252 g/mol. The Labute approximate surface area is 113 Å². The first-order valence-electron chi connectivity index (χ1n) is 8.00. The van der Waals surface area contributed by atoms with Crippen LogP contribution in [0, 0.1) is 17.3 Å². The highest BCUT2D eigenvalue weighted by Crippen LogP contribution is 2.40. The Kier molecular flexibility index (Phi) is 4.71. The van der Waals surface area contributed by atoms with E-state index in [-0.39, 0.29) is 0 Å². The van der Waals surface area contributed by atoms with Crippen LogP contribution in [0.4, 0.5) is 0 Å². The number of nitrogens with two attached hydrogens (primary N) is 1. The summed E-state index contributed by atoms with van der Waals surface area (Å²) in [5.41, 5.74) is 6.59. The first kappa shape index (κ1) is 14.3. The van der Waals surface area contributed by atoms with Gasteiger partial charge in [0, 0.05) is 12.6 Å². The Hall–Kier alpha value is -0.0800. The lowest BCUT2D eigenvalue weighted by Gasteiger charge is -2.47. The summed E-state index contributed by atoms with van der Waals surface area (Å²) in [5.74, 6) is 1.73. The third-order valence-corrected chi connectivity index (χ3v) is 5.66. The van der Waals surface area contributed by atoms with E-state index in [0.29, 0.717) is 5.41 Å². The molecule has 4 unspecified atom stereocenters. The highest BCUT2D eigenvalue weighted by molar-refractivity contribution is 4.91. The normalized spacial score (nSPS) is 43.0. The maximum Gasteiger partial charge on any atom is 0.00928 e. The number of rotatable bonds is 3. The number of hydrogen-bond acceptors (Lipinski definition) is 2. The zero-order valence-corrected chi connectivity index (χ0v) is 12.6. The molecule has 0 amide bonds. The topological polar surface area (TPSA) is 29.3 Å². The van der Waals surface area contributed by atoms with Crippen molar-refractivity contribution in [2.75, 3.05) is 19.6 Å². The molecule has 2 aliphatic rings. The van der Waals surface area contributed by atoms with Crippen LogP contribution < -0.4 is 5.73 Å². The predicted octanol–water partition coefficient (Wildman–Crippen LogP) is 3.26. The molecule has 0 aromatic rings. The van der Waals surface area contributed by atoms with Gasteiger partial charge >= 0.3 is 0 Å². The van der Waals surface area contributed by atoms with E-state index in [1.54, 1.807) is 0 Å². The minimum atomic E-state index is 0.420. The van der Waals surface area contributed by atoms with E-state index in [0.717, 1.165) is 24.4 Å². The Morgan fingerprint density at radius 3 is 2.61 bits per heavy atom. The molecule has 1 saturated heterocycles. The van der Waals surface area contributed by atoms with Crippen LogP contribution in [0.3, 0.4) is 0 Å². The molecule has 106 valence electrons. The standard InChI is InChI=1S/C16H32N2/c1-13-6-4-8-16(10-13,11-17)12-18-9-5-7-14(2)15(18)3/h13-15H,4-12,17H2,1-3H3. The molecule has 0 spiro atoms. The van der Waals surface area contributed by atoms with Crippen LogP contribution in [0.25, 0.3) is 0 Å². The van der Waals surface area contributed by atoms with Gasteiger partial charge in [0.25, 0.3) is 0 Å². The summed E-state index contributed by atoms with van der Waals surface area (Å²) in [6.07, 6.45) is 8.28. The van der Waals surface area contributed by atoms with Crippen molar-refractivity contribution in [3.8, 4) is 0 Å². The second-order valence-corrected chi connectivity index (χ2v) is 7.24. The van der Waals surface area contributed by atoms with Crippen molar-refractivity contribution in [3.63, 3.8) is 0 Å². The van der Waals surface area contributed by atoms with Crippen LogP contribution in [0.5, 0.6) is 0 Å². The van der Waals surface area contributed by atoms with Crippen molar-refractivity contribution in [1.82, 2.24) is 4.90 Å². The van der Waals surface area contributed by atoms with Gasteiger partial charge in [0.1, 0.15) is 0 Å². The first-order chi connectivity index (χ1) is 8.56. The molecule has 1 saturated carbocycles. The van der Waals surface area contributed by atoms with Crippen LogP contribution >= 0.6 is 0 Å². The van der Waals surface area contributed by atoms with Gasteiger partial charge in [-0.2, -0.15) is 0 Å². The first-order valence-corrected chi connectivity index (χ1v) is 8.00. The van der Waals surface area contributed by atoms with Crippen molar-refractivity contribution in [2.45, 2.75) is 65.3 Å². The molecule has 2 fully saturated rings. The third kappa shape index (κ3) is 3.08. The fourth-order valence-electron chi connectivity index (χ4n) is 4.24. The lowest BCUT2D eigenvalue weighted by atomic mass is 9.69. The highest BCUT2D eigenvalue weighted by Gasteiger charge is 2.37. The molecule has 0 radical (unpaired) electrons. The summed E-state index contributed by atoms with van der Waals surface area (Å²) < 4.78 is 0. The number of nitrogens with zero attached hydrogens (tertiary/aromatic N) is 1. The second kappa shape index (κ2) is 5.92. The molecular formula is C16H32N2. The van der Waals surface area contributed by atoms with Gasteiger partial charge in [0.2, 0.25) is 0 Å². The van der Waals surface area contributed by atoms with Gasteiger partial charge in [-0.25, -0.2) is 0 Å². The summed E-state index contributed by atoms with van der Waals surface area (Å²) in [6, 6.07) is 0.749. The summed E-state index contributed by atoms with van der Waals surface area (Å²) in [7, 11) is 0. The molecule has 4 atom stereocenters. The number of piperidine rings is 1. The minimum absolute atomic E-state index is 0.420. The summed E-state index contributed by atoms with van der Waals surface area (Å²) >= 11 is 0. The quantitative estimate of drug-likeness (QED) is 0.835.